The van der Waals surface area contributed by atoms with Crippen molar-refractivity contribution in [1.82, 2.24) is 4.90 Å². The van der Waals surface area contributed by atoms with Crippen molar-refractivity contribution in [2.24, 2.45) is 0 Å². The molecule has 0 radical (unpaired) electrons. The van der Waals surface area contributed by atoms with Crippen LogP contribution in [0.5, 0.6) is 0 Å². The summed E-state index contributed by atoms with van der Waals surface area (Å²) in [5.41, 5.74) is 0.925. The van der Waals surface area contributed by atoms with E-state index in [4.69, 9.17) is 5.11 Å². The molecule has 1 aliphatic heterocycles. The third kappa shape index (κ3) is 3.57. The van der Waals surface area contributed by atoms with Crippen molar-refractivity contribution in [1.29, 1.82) is 0 Å². The van der Waals surface area contributed by atoms with E-state index in [1.165, 1.54) is 4.90 Å². The van der Waals surface area contributed by atoms with E-state index in [1.807, 2.05) is 30.3 Å². The van der Waals surface area contributed by atoms with Gasteiger partial charge < -0.3 is 11.4 Å². The van der Waals surface area contributed by atoms with Crippen LogP contribution in [-0.2, 0) is 16.0 Å². The Morgan fingerprint density at radius 1 is 1.33 bits per heavy atom. The Hall–Kier alpha value is -0.840. The normalized spacial score (nSPS) is 18.2. The zero-order chi connectivity index (χ0) is 12.3. The molecule has 0 aromatic heterocycles. The van der Waals surface area contributed by atoms with Gasteiger partial charge >= 0.3 is 35.5 Å². The minimum absolute atomic E-state index is 0. The van der Waals surface area contributed by atoms with Gasteiger partial charge in [-0.05, 0) is 18.4 Å². The number of carbonyl (C=O) groups is 2. The predicted molar refractivity (Wildman–Crippen MR) is 63.6 cm³/mol. The van der Waals surface area contributed by atoms with Crippen LogP contribution in [0.15, 0.2) is 30.3 Å². The van der Waals surface area contributed by atoms with Gasteiger partial charge in [0.25, 0.3) is 0 Å². The Morgan fingerprint density at radius 3 is 2.61 bits per heavy atom. The van der Waals surface area contributed by atoms with Gasteiger partial charge in [-0.3, -0.25) is 4.79 Å². The maximum absolute atomic E-state index is 12.0. The number of hydrogen-bond donors (Lipinski definition) is 1. The molecule has 1 heterocycles. The van der Waals surface area contributed by atoms with Crippen molar-refractivity contribution in [2.75, 3.05) is 6.54 Å². The molecule has 1 fully saturated rings. The maximum atomic E-state index is 12.0. The fourth-order valence-electron chi connectivity index (χ4n) is 2.19. The topological polar surface area (TPSA) is 57.6 Å². The average molecular weight is 257 g/mol. The van der Waals surface area contributed by atoms with Gasteiger partial charge in [0, 0.05) is 6.54 Å². The average Bonchev–Trinajstić information content (AvgIpc) is 2.79. The summed E-state index contributed by atoms with van der Waals surface area (Å²) in [4.78, 5) is 24.4. The smallest absolute Gasteiger partial charge is 1.00 e. The second kappa shape index (κ2) is 6.92. The molecule has 5 heteroatoms. The van der Waals surface area contributed by atoms with Crippen LogP contribution in [0.25, 0.3) is 0 Å². The van der Waals surface area contributed by atoms with Crippen LogP contribution in [0.2, 0.25) is 0 Å². The van der Waals surface area contributed by atoms with Crippen molar-refractivity contribution in [2.45, 2.75) is 25.3 Å². The number of carboxylic acid groups (broad SMARTS) is 1. The molecular formula is C13H16NNaO3. The third-order valence-electron chi connectivity index (χ3n) is 3.06. The van der Waals surface area contributed by atoms with E-state index in [1.54, 1.807) is 0 Å². The fourth-order valence-corrected chi connectivity index (χ4v) is 2.19. The third-order valence-corrected chi connectivity index (χ3v) is 3.06. The first-order valence-electron chi connectivity index (χ1n) is 5.74. The number of benzene rings is 1. The molecule has 0 unspecified atom stereocenters. The molecule has 1 atom stereocenters. The van der Waals surface area contributed by atoms with Crippen molar-refractivity contribution < 1.29 is 45.7 Å². The molecular weight excluding hydrogens is 241 g/mol. The van der Waals surface area contributed by atoms with E-state index in [0.717, 1.165) is 12.0 Å². The molecule has 1 aromatic carbocycles. The Morgan fingerprint density at radius 2 is 2.00 bits per heavy atom. The molecule has 4 nitrogen and oxygen atoms in total. The first kappa shape index (κ1) is 15.2. The molecule has 1 aliphatic rings. The Labute approximate surface area is 130 Å². The zero-order valence-corrected chi connectivity index (χ0v) is 12.5. The maximum Gasteiger partial charge on any atom is 1.00 e. The molecule has 18 heavy (non-hydrogen) atoms. The van der Waals surface area contributed by atoms with E-state index in [0.29, 0.717) is 13.0 Å². The molecule has 92 valence electrons. The summed E-state index contributed by atoms with van der Waals surface area (Å²) in [6.07, 6.45) is 1.62. The minimum atomic E-state index is -0.899. The zero-order valence-electron chi connectivity index (χ0n) is 11.5. The van der Waals surface area contributed by atoms with Crippen LogP contribution in [0.1, 0.15) is 19.8 Å². The molecule has 1 N–H and O–H groups in total. The molecule has 1 aromatic rings. The molecule has 2 rings (SSSR count). The van der Waals surface area contributed by atoms with Crippen molar-refractivity contribution in [3.63, 3.8) is 0 Å². The summed E-state index contributed by atoms with van der Waals surface area (Å²) < 4.78 is 0. The molecule has 0 saturated carbocycles. The van der Waals surface area contributed by atoms with Crippen LogP contribution >= 0.6 is 0 Å². The Balaban J connectivity index is 0.00000162. The quantitative estimate of drug-likeness (QED) is 0.665. The van der Waals surface area contributed by atoms with Gasteiger partial charge in [-0.2, -0.15) is 0 Å². The fraction of sp³-hybridized carbons (Fsp3) is 0.385. The van der Waals surface area contributed by atoms with Crippen LogP contribution in [-0.4, -0.2) is 34.5 Å². The van der Waals surface area contributed by atoms with Crippen LogP contribution in [0, 0.1) is 0 Å². The van der Waals surface area contributed by atoms with Gasteiger partial charge in [-0.25, -0.2) is 4.79 Å². The van der Waals surface area contributed by atoms with Crippen molar-refractivity contribution >= 4 is 11.9 Å². The Bertz CT molecular complexity index is 427. The summed E-state index contributed by atoms with van der Waals surface area (Å²) in [6, 6.07) is 8.77. The molecule has 1 amide bonds. The largest absolute Gasteiger partial charge is 1.00 e. The molecule has 0 bridgehead atoms. The van der Waals surface area contributed by atoms with Gasteiger partial charge in [-0.15, -0.1) is 0 Å². The van der Waals surface area contributed by atoms with Gasteiger partial charge in [0.15, 0.2) is 0 Å². The summed E-state index contributed by atoms with van der Waals surface area (Å²) in [5.74, 6) is -0.995. The summed E-state index contributed by atoms with van der Waals surface area (Å²) >= 11 is 0. The van der Waals surface area contributed by atoms with Crippen LogP contribution < -0.4 is 29.6 Å². The molecule has 0 spiro atoms. The summed E-state index contributed by atoms with van der Waals surface area (Å²) in [6.45, 7) is 0.558. The van der Waals surface area contributed by atoms with Gasteiger partial charge in [0.2, 0.25) is 5.91 Å². The second-order valence-electron chi connectivity index (χ2n) is 4.25. The number of rotatable bonds is 3. The first-order valence-corrected chi connectivity index (χ1v) is 5.74. The number of carboxylic acids is 1. The van der Waals surface area contributed by atoms with E-state index in [9.17, 15) is 9.59 Å². The SMILES string of the molecule is O=C(O)[C@@H]1CCCN1C(=O)Cc1ccccc1.[H-].[Na+]. The van der Waals surface area contributed by atoms with E-state index in [2.05, 4.69) is 0 Å². The van der Waals surface area contributed by atoms with Crippen LogP contribution in [0.4, 0.5) is 0 Å². The monoisotopic (exact) mass is 257 g/mol. The van der Waals surface area contributed by atoms with Crippen molar-refractivity contribution in [3.05, 3.63) is 35.9 Å². The number of amides is 1. The van der Waals surface area contributed by atoms with Crippen molar-refractivity contribution in [3.8, 4) is 0 Å². The number of nitrogens with zero attached hydrogens (tertiary/aromatic N) is 1. The molecule has 1 saturated heterocycles. The first-order chi connectivity index (χ1) is 8.18. The number of carbonyl (C=O) groups excluding carboxylic acids is 1. The van der Waals surface area contributed by atoms with Gasteiger partial charge in [-0.1, -0.05) is 30.3 Å². The summed E-state index contributed by atoms with van der Waals surface area (Å²) in [7, 11) is 0. The predicted octanol–water partition coefficient (Wildman–Crippen LogP) is -1.58. The van der Waals surface area contributed by atoms with E-state index in [-0.39, 0.29) is 43.3 Å². The minimum Gasteiger partial charge on any atom is -1.00 e. The molecule has 0 aliphatic carbocycles. The summed E-state index contributed by atoms with van der Waals surface area (Å²) in [5, 5.41) is 9.00. The van der Waals surface area contributed by atoms with Crippen LogP contribution in [0.3, 0.4) is 0 Å². The number of likely N-dealkylation sites (tertiary alicyclic amines) is 1. The number of aliphatic carboxylic acids is 1. The number of hydrogen-bond acceptors (Lipinski definition) is 2. The Kier molecular flexibility index (Phi) is 5.85. The van der Waals surface area contributed by atoms with Gasteiger partial charge in [0.05, 0.1) is 6.42 Å². The van der Waals surface area contributed by atoms with Gasteiger partial charge in [0.1, 0.15) is 6.04 Å². The van der Waals surface area contributed by atoms with E-state index >= 15 is 0 Å². The van der Waals surface area contributed by atoms with E-state index < -0.39 is 12.0 Å². The standard InChI is InChI=1S/C13H15NO3.Na.H/c15-12(9-10-5-2-1-3-6-10)14-8-4-7-11(14)13(16)17;;/h1-3,5-6,11H,4,7-9H2,(H,16,17);;/q;+1;-1/t11-;;/m0../s1. The second-order valence-corrected chi connectivity index (χ2v) is 4.25.